The van der Waals surface area contributed by atoms with Crippen molar-refractivity contribution in [2.75, 3.05) is 5.32 Å². The molecule has 0 radical (unpaired) electrons. The molecule has 0 aliphatic carbocycles. The number of para-hydroxylation sites is 1. The number of halogens is 2. The molecule has 1 atom stereocenters. The summed E-state index contributed by atoms with van der Waals surface area (Å²) < 4.78 is 0.975. The summed E-state index contributed by atoms with van der Waals surface area (Å²) in [6.07, 6.45) is -0.0339. The Kier molecular flexibility index (Phi) is 6.13. The van der Waals surface area contributed by atoms with Crippen LogP contribution in [0.15, 0.2) is 72.8 Å². The molecule has 0 aliphatic rings. The van der Waals surface area contributed by atoms with Crippen LogP contribution >= 0.6 is 34.5 Å². The normalized spacial score (nSPS) is 11.9. The number of fused-ring (bicyclic) bond motifs is 1. The monoisotopic (exact) mass is 454 g/mol. The van der Waals surface area contributed by atoms with E-state index in [0.717, 1.165) is 10.2 Å². The molecule has 0 bridgehead atoms. The largest absolute Gasteiger partial charge is 0.326 e. The smallest absolute Gasteiger partial charge is 0.225 e. The molecule has 1 amide bonds. The van der Waals surface area contributed by atoms with Gasteiger partial charge in [-0.3, -0.25) is 9.59 Å². The molecule has 150 valence electrons. The average molecular weight is 455 g/mol. The van der Waals surface area contributed by atoms with Crippen LogP contribution in [-0.4, -0.2) is 16.7 Å². The fourth-order valence-electron chi connectivity index (χ4n) is 3.11. The van der Waals surface area contributed by atoms with Gasteiger partial charge in [-0.25, -0.2) is 4.98 Å². The fourth-order valence-corrected chi connectivity index (χ4v) is 4.47. The van der Waals surface area contributed by atoms with Crippen LogP contribution in [0.4, 0.5) is 5.69 Å². The standard InChI is InChI=1S/C23H16Cl2N2O2S/c24-17-11-10-15(12-18(17)25)26-21(28)13-16(22(29)14-6-2-1-3-7-14)23-27-19-8-4-5-9-20(19)30-23/h1-12,16H,13H2,(H,26,28)/t16-/m1/s1. The molecule has 4 rings (SSSR count). The number of nitrogens with one attached hydrogen (secondary N) is 1. The van der Waals surface area contributed by atoms with E-state index in [-0.39, 0.29) is 18.1 Å². The molecular weight excluding hydrogens is 439 g/mol. The average Bonchev–Trinajstić information content (AvgIpc) is 3.19. The molecule has 0 saturated heterocycles. The van der Waals surface area contributed by atoms with Gasteiger partial charge in [-0.1, -0.05) is 65.7 Å². The van der Waals surface area contributed by atoms with Gasteiger partial charge in [0.1, 0.15) is 5.01 Å². The zero-order valence-corrected chi connectivity index (χ0v) is 18.0. The van der Waals surface area contributed by atoms with Crippen LogP contribution in [0.1, 0.15) is 27.7 Å². The number of amides is 1. The van der Waals surface area contributed by atoms with Gasteiger partial charge in [0.05, 0.1) is 26.2 Å². The summed E-state index contributed by atoms with van der Waals surface area (Å²) in [6, 6.07) is 21.5. The van der Waals surface area contributed by atoms with E-state index in [1.165, 1.54) is 11.3 Å². The van der Waals surface area contributed by atoms with Gasteiger partial charge in [-0.15, -0.1) is 11.3 Å². The van der Waals surface area contributed by atoms with Gasteiger partial charge in [0.25, 0.3) is 0 Å². The lowest BCUT2D eigenvalue weighted by atomic mass is 9.94. The molecule has 4 nitrogen and oxygen atoms in total. The van der Waals surface area contributed by atoms with Crippen LogP contribution in [0.2, 0.25) is 10.0 Å². The lowest BCUT2D eigenvalue weighted by Crippen LogP contribution is -2.21. The third-order valence-electron chi connectivity index (χ3n) is 4.58. The predicted octanol–water partition coefficient (Wildman–Crippen LogP) is 6.60. The molecular formula is C23H16Cl2N2O2S. The molecule has 1 aromatic heterocycles. The molecule has 4 aromatic rings. The molecule has 0 saturated carbocycles. The zero-order valence-electron chi connectivity index (χ0n) is 15.6. The Hall–Kier alpha value is -2.73. The highest BCUT2D eigenvalue weighted by molar-refractivity contribution is 7.18. The summed E-state index contributed by atoms with van der Waals surface area (Å²) in [4.78, 5) is 30.7. The number of ketones is 1. The maximum Gasteiger partial charge on any atom is 0.225 e. The van der Waals surface area contributed by atoms with Crippen molar-refractivity contribution in [2.24, 2.45) is 0 Å². The zero-order chi connectivity index (χ0) is 21.1. The quantitative estimate of drug-likeness (QED) is 0.334. The van der Waals surface area contributed by atoms with Gasteiger partial charge in [0, 0.05) is 17.7 Å². The lowest BCUT2D eigenvalue weighted by Gasteiger charge is -2.14. The van der Waals surface area contributed by atoms with E-state index < -0.39 is 5.92 Å². The molecule has 0 aliphatic heterocycles. The number of rotatable bonds is 6. The Balaban J connectivity index is 1.63. The Morgan fingerprint density at radius 2 is 1.67 bits per heavy atom. The third-order valence-corrected chi connectivity index (χ3v) is 6.47. The van der Waals surface area contributed by atoms with Gasteiger partial charge < -0.3 is 5.32 Å². The van der Waals surface area contributed by atoms with Crippen LogP contribution < -0.4 is 5.32 Å². The molecule has 3 aromatic carbocycles. The van der Waals surface area contributed by atoms with E-state index in [9.17, 15) is 9.59 Å². The second-order valence-electron chi connectivity index (χ2n) is 6.68. The highest BCUT2D eigenvalue weighted by Gasteiger charge is 2.28. The fraction of sp³-hybridized carbons (Fsp3) is 0.0870. The van der Waals surface area contributed by atoms with Gasteiger partial charge >= 0.3 is 0 Å². The van der Waals surface area contributed by atoms with Crippen molar-refractivity contribution in [2.45, 2.75) is 12.3 Å². The number of hydrogen-bond acceptors (Lipinski definition) is 4. The molecule has 0 unspecified atom stereocenters. The molecule has 7 heteroatoms. The molecule has 0 spiro atoms. The molecule has 30 heavy (non-hydrogen) atoms. The first-order valence-corrected chi connectivity index (χ1v) is 10.8. The van der Waals surface area contributed by atoms with Crippen LogP contribution in [0.3, 0.4) is 0 Å². The Morgan fingerprint density at radius 1 is 0.933 bits per heavy atom. The van der Waals surface area contributed by atoms with Gasteiger partial charge in [0.2, 0.25) is 5.91 Å². The van der Waals surface area contributed by atoms with Gasteiger partial charge in [-0.2, -0.15) is 0 Å². The van der Waals surface area contributed by atoms with E-state index in [2.05, 4.69) is 10.3 Å². The van der Waals surface area contributed by atoms with Gasteiger partial charge in [-0.05, 0) is 30.3 Å². The second kappa shape index (κ2) is 8.96. The van der Waals surface area contributed by atoms with Crippen molar-refractivity contribution in [3.8, 4) is 0 Å². The molecule has 1 N–H and O–H groups in total. The first-order chi connectivity index (χ1) is 14.5. The summed E-state index contributed by atoms with van der Waals surface area (Å²) >= 11 is 13.4. The number of nitrogens with zero attached hydrogens (tertiary/aromatic N) is 1. The SMILES string of the molecule is O=C(C[C@H](C(=O)c1ccccc1)c1nc2ccccc2s1)Nc1ccc(Cl)c(Cl)c1. The number of thiazole rings is 1. The highest BCUT2D eigenvalue weighted by Crippen LogP contribution is 2.32. The number of carbonyl (C=O) groups excluding carboxylic acids is 2. The second-order valence-corrected chi connectivity index (χ2v) is 8.56. The Bertz CT molecular complexity index is 1190. The van der Waals surface area contributed by atoms with Crippen molar-refractivity contribution >= 4 is 62.1 Å². The minimum absolute atomic E-state index is 0.0339. The van der Waals surface area contributed by atoms with Crippen LogP contribution in [0.5, 0.6) is 0 Å². The number of anilines is 1. The minimum Gasteiger partial charge on any atom is -0.326 e. The number of aromatic nitrogens is 1. The summed E-state index contributed by atoms with van der Waals surface area (Å²) in [5, 5.41) is 4.16. The first kappa shape index (κ1) is 20.5. The van der Waals surface area contributed by atoms with Crippen LogP contribution in [0, 0.1) is 0 Å². The minimum atomic E-state index is -0.687. The van der Waals surface area contributed by atoms with E-state index in [4.69, 9.17) is 23.2 Å². The number of carbonyl (C=O) groups is 2. The summed E-state index contributed by atoms with van der Waals surface area (Å²) in [7, 11) is 0. The maximum absolute atomic E-state index is 13.3. The van der Waals surface area contributed by atoms with E-state index in [0.29, 0.717) is 26.3 Å². The van der Waals surface area contributed by atoms with Crippen LogP contribution in [-0.2, 0) is 4.79 Å². The van der Waals surface area contributed by atoms with Crippen molar-refractivity contribution < 1.29 is 9.59 Å². The summed E-state index contributed by atoms with van der Waals surface area (Å²) in [5.41, 5.74) is 1.88. The van der Waals surface area contributed by atoms with Gasteiger partial charge in [0.15, 0.2) is 5.78 Å². The topological polar surface area (TPSA) is 59.1 Å². The summed E-state index contributed by atoms with van der Waals surface area (Å²) in [6.45, 7) is 0. The van der Waals surface area contributed by atoms with E-state index in [1.807, 2.05) is 30.3 Å². The van der Waals surface area contributed by atoms with Crippen molar-refractivity contribution in [3.05, 3.63) is 93.4 Å². The maximum atomic E-state index is 13.3. The highest BCUT2D eigenvalue weighted by atomic mass is 35.5. The van der Waals surface area contributed by atoms with E-state index >= 15 is 0 Å². The number of hydrogen-bond donors (Lipinski definition) is 1. The third kappa shape index (κ3) is 4.54. The molecule has 0 fully saturated rings. The Morgan fingerprint density at radius 3 is 2.40 bits per heavy atom. The lowest BCUT2D eigenvalue weighted by molar-refractivity contribution is -0.116. The van der Waals surface area contributed by atoms with Crippen LogP contribution in [0.25, 0.3) is 10.2 Å². The van der Waals surface area contributed by atoms with Crippen molar-refractivity contribution in [1.29, 1.82) is 0 Å². The summed E-state index contributed by atoms with van der Waals surface area (Å²) in [5.74, 6) is -1.13. The number of Topliss-reactive ketones (excluding diaryl/α,β-unsaturated/α-hetero) is 1. The van der Waals surface area contributed by atoms with Crippen molar-refractivity contribution in [1.82, 2.24) is 4.98 Å². The predicted molar refractivity (Wildman–Crippen MR) is 123 cm³/mol. The Labute approximate surface area is 187 Å². The van der Waals surface area contributed by atoms with E-state index in [1.54, 1.807) is 42.5 Å². The first-order valence-electron chi connectivity index (χ1n) is 9.21. The number of benzene rings is 3. The molecule has 1 heterocycles. The van der Waals surface area contributed by atoms with Crippen molar-refractivity contribution in [3.63, 3.8) is 0 Å².